The Hall–Kier alpha value is -2.36. The maximum Gasteiger partial charge on any atom is 0.246 e. The van der Waals surface area contributed by atoms with E-state index < -0.39 is 0 Å². The first-order chi connectivity index (χ1) is 15.4. The highest BCUT2D eigenvalue weighted by Crippen LogP contribution is 2.36. The van der Waals surface area contributed by atoms with E-state index in [2.05, 4.69) is 43.4 Å². The Morgan fingerprint density at radius 3 is 2.72 bits per heavy atom. The lowest BCUT2D eigenvalue weighted by Crippen LogP contribution is -2.57. The number of methoxy groups -OCH3 is 1. The van der Waals surface area contributed by atoms with Crippen LogP contribution in [0.5, 0.6) is 5.75 Å². The van der Waals surface area contributed by atoms with Crippen LogP contribution in [0.3, 0.4) is 0 Å². The molecule has 2 heterocycles. The van der Waals surface area contributed by atoms with E-state index in [1.54, 1.807) is 19.3 Å². The first kappa shape index (κ1) is 22.8. The SMILES string of the molecule is COc1c(/C=C/C(=O)N2C[C@@H](C)N(Cc3ccc(F)cc3)C[C@@H]2C)cc2nsnc2c1Br. The van der Waals surface area contributed by atoms with Crippen molar-refractivity contribution >= 4 is 50.7 Å². The van der Waals surface area contributed by atoms with Gasteiger partial charge in [0, 0.05) is 43.4 Å². The van der Waals surface area contributed by atoms with Crippen LogP contribution in [0.1, 0.15) is 25.0 Å². The van der Waals surface area contributed by atoms with Crippen molar-refractivity contribution < 1.29 is 13.9 Å². The van der Waals surface area contributed by atoms with Gasteiger partial charge < -0.3 is 9.64 Å². The molecule has 3 aromatic rings. The predicted molar refractivity (Wildman–Crippen MR) is 128 cm³/mol. The molecule has 1 fully saturated rings. The Morgan fingerprint density at radius 2 is 2.00 bits per heavy atom. The van der Waals surface area contributed by atoms with E-state index in [9.17, 15) is 9.18 Å². The van der Waals surface area contributed by atoms with Crippen LogP contribution < -0.4 is 4.74 Å². The summed E-state index contributed by atoms with van der Waals surface area (Å²) in [5.41, 5.74) is 3.33. The van der Waals surface area contributed by atoms with Gasteiger partial charge in [-0.3, -0.25) is 9.69 Å². The fraction of sp³-hybridized carbons (Fsp3) is 0.348. The number of carbonyl (C=O) groups is 1. The Kier molecular flexibility index (Phi) is 6.88. The van der Waals surface area contributed by atoms with Gasteiger partial charge in [0.05, 0.1) is 23.3 Å². The molecule has 168 valence electrons. The summed E-state index contributed by atoms with van der Waals surface area (Å²) in [7, 11) is 1.59. The Balaban J connectivity index is 1.47. The Labute approximate surface area is 199 Å². The molecule has 0 aliphatic carbocycles. The Bertz CT molecular complexity index is 1150. The zero-order chi connectivity index (χ0) is 22.8. The van der Waals surface area contributed by atoms with Gasteiger partial charge in [0.25, 0.3) is 0 Å². The van der Waals surface area contributed by atoms with Crippen LogP contribution in [-0.4, -0.2) is 56.7 Å². The van der Waals surface area contributed by atoms with Gasteiger partial charge in [-0.25, -0.2) is 4.39 Å². The summed E-state index contributed by atoms with van der Waals surface area (Å²) in [5, 5.41) is 0. The molecular formula is C23H24BrFN4O2S. The van der Waals surface area contributed by atoms with E-state index in [1.807, 2.05) is 23.1 Å². The van der Waals surface area contributed by atoms with E-state index in [4.69, 9.17) is 4.74 Å². The van der Waals surface area contributed by atoms with E-state index in [0.717, 1.165) is 51.5 Å². The smallest absolute Gasteiger partial charge is 0.246 e. The lowest BCUT2D eigenvalue weighted by Gasteiger charge is -2.44. The second-order valence-corrected chi connectivity index (χ2v) is 9.34. The number of fused-ring (bicyclic) bond motifs is 1. The summed E-state index contributed by atoms with van der Waals surface area (Å²) in [4.78, 5) is 17.3. The van der Waals surface area contributed by atoms with Crippen LogP contribution in [0, 0.1) is 5.82 Å². The van der Waals surface area contributed by atoms with Gasteiger partial charge >= 0.3 is 0 Å². The third-order valence-electron chi connectivity index (χ3n) is 5.78. The molecule has 32 heavy (non-hydrogen) atoms. The minimum absolute atomic E-state index is 0.0412. The summed E-state index contributed by atoms with van der Waals surface area (Å²) < 4.78 is 28.0. The second-order valence-electron chi connectivity index (χ2n) is 8.02. The van der Waals surface area contributed by atoms with E-state index in [1.165, 1.54) is 12.1 Å². The number of benzene rings is 2. The number of halogens is 2. The lowest BCUT2D eigenvalue weighted by atomic mass is 10.1. The summed E-state index contributed by atoms with van der Waals surface area (Å²) >= 11 is 4.67. The van der Waals surface area contributed by atoms with Crippen molar-refractivity contribution in [3.8, 4) is 5.75 Å². The molecule has 1 aromatic heterocycles. The van der Waals surface area contributed by atoms with Crippen molar-refractivity contribution in [2.75, 3.05) is 20.2 Å². The fourth-order valence-corrected chi connectivity index (χ4v) is 5.36. The van der Waals surface area contributed by atoms with Gasteiger partial charge in [-0.1, -0.05) is 12.1 Å². The third kappa shape index (κ3) is 4.69. The maximum absolute atomic E-state index is 13.2. The molecule has 1 aliphatic rings. The fourth-order valence-electron chi connectivity index (χ4n) is 4.03. The normalized spacial score (nSPS) is 19.7. The van der Waals surface area contributed by atoms with Crippen LogP contribution in [-0.2, 0) is 11.3 Å². The minimum Gasteiger partial charge on any atom is -0.495 e. The number of nitrogens with zero attached hydrogens (tertiary/aromatic N) is 4. The molecule has 0 N–H and O–H groups in total. The van der Waals surface area contributed by atoms with Crippen LogP contribution in [0.15, 0.2) is 40.9 Å². The number of rotatable bonds is 5. The van der Waals surface area contributed by atoms with Gasteiger partial charge in [-0.15, -0.1) is 0 Å². The average molecular weight is 519 g/mol. The molecule has 0 bridgehead atoms. The molecule has 1 saturated heterocycles. The first-order valence-electron chi connectivity index (χ1n) is 10.3. The molecule has 2 atom stereocenters. The van der Waals surface area contributed by atoms with Crippen molar-refractivity contribution in [2.45, 2.75) is 32.5 Å². The monoisotopic (exact) mass is 518 g/mol. The van der Waals surface area contributed by atoms with Crippen molar-refractivity contribution in [3.63, 3.8) is 0 Å². The second kappa shape index (κ2) is 9.64. The molecule has 4 rings (SSSR count). The minimum atomic E-state index is -0.230. The van der Waals surface area contributed by atoms with E-state index in [-0.39, 0.29) is 23.8 Å². The standard InChI is InChI=1S/C23H24BrFN4O2S/c1-14-12-29(15(2)11-28(14)13-16-4-7-18(25)8-5-16)20(30)9-6-17-10-19-22(27-32-26-19)21(24)23(17)31-3/h4-10,14-15H,11-13H2,1-3H3/b9-6+/t14-,15+/m1/s1. The molecule has 1 aliphatic heterocycles. The largest absolute Gasteiger partial charge is 0.495 e. The van der Waals surface area contributed by atoms with E-state index >= 15 is 0 Å². The molecule has 6 nitrogen and oxygen atoms in total. The average Bonchev–Trinajstić information content (AvgIpc) is 3.25. The number of hydrogen-bond acceptors (Lipinski definition) is 6. The summed E-state index contributed by atoms with van der Waals surface area (Å²) in [6.45, 7) is 6.28. The summed E-state index contributed by atoms with van der Waals surface area (Å²) in [6, 6.07) is 8.72. The molecule has 0 saturated carbocycles. The van der Waals surface area contributed by atoms with Crippen LogP contribution in [0.2, 0.25) is 0 Å². The van der Waals surface area contributed by atoms with E-state index in [0.29, 0.717) is 12.3 Å². The molecule has 0 spiro atoms. The summed E-state index contributed by atoms with van der Waals surface area (Å²) in [5.74, 6) is 0.353. The molecule has 2 aromatic carbocycles. The summed E-state index contributed by atoms with van der Waals surface area (Å²) in [6.07, 6.45) is 3.36. The van der Waals surface area contributed by atoms with Crippen molar-refractivity contribution in [3.05, 3.63) is 57.8 Å². The van der Waals surface area contributed by atoms with Gasteiger partial charge in [0.15, 0.2) is 0 Å². The van der Waals surface area contributed by atoms with Crippen molar-refractivity contribution in [1.29, 1.82) is 0 Å². The van der Waals surface area contributed by atoms with Crippen molar-refractivity contribution in [1.82, 2.24) is 18.5 Å². The van der Waals surface area contributed by atoms with Gasteiger partial charge in [0.2, 0.25) is 5.91 Å². The molecule has 9 heteroatoms. The molecule has 1 amide bonds. The maximum atomic E-state index is 13.2. The Morgan fingerprint density at radius 1 is 1.25 bits per heavy atom. The highest BCUT2D eigenvalue weighted by molar-refractivity contribution is 9.10. The van der Waals surface area contributed by atoms with Gasteiger partial charge in [-0.05, 0) is 59.6 Å². The highest BCUT2D eigenvalue weighted by atomic mass is 79.9. The lowest BCUT2D eigenvalue weighted by molar-refractivity contribution is -0.131. The predicted octanol–water partition coefficient (Wildman–Crippen LogP) is 4.74. The van der Waals surface area contributed by atoms with Crippen LogP contribution >= 0.6 is 27.7 Å². The number of hydrogen-bond donors (Lipinski definition) is 0. The number of piperazine rings is 1. The highest BCUT2D eigenvalue weighted by Gasteiger charge is 2.31. The number of ether oxygens (including phenoxy) is 1. The van der Waals surface area contributed by atoms with Crippen LogP contribution in [0.4, 0.5) is 4.39 Å². The number of aromatic nitrogens is 2. The van der Waals surface area contributed by atoms with Gasteiger partial charge in [0.1, 0.15) is 22.6 Å². The first-order valence-corrected chi connectivity index (χ1v) is 11.9. The molecular weight excluding hydrogens is 495 g/mol. The quantitative estimate of drug-likeness (QED) is 0.456. The number of carbonyl (C=O) groups excluding carboxylic acids is 1. The van der Waals surface area contributed by atoms with Crippen molar-refractivity contribution in [2.24, 2.45) is 0 Å². The van der Waals surface area contributed by atoms with Crippen LogP contribution in [0.25, 0.3) is 17.1 Å². The topological polar surface area (TPSA) is 58.6 Å². The zero-order valence-electron chi connectivity index (χ0n) is 18.1. The molecule has 0 radical (unpaired) electrons. The zero-order valence-corrected chi connectivity index (χ0v) is 20.5. The van der Waals surface area contributed by atoms with Gasteiger partial charge in [-0.2, -0.15) is 8.75 Å². The molecule has 0 unspecified atom stereocenters. The number of amides is 1. The third-order valence-corrected chi connectivity index (χ3v) is 7.06.